The van der Waals surface area contributed by atoms with E-state index in [0.717, 1.165) is 19.4 Å². The lowest BCUT2D eigenvalue weighted by Gasteiger charge is -2.31. The number of carbonyl (C=O) groups excluding carboxylic acids is 1. The van der Waals surface area contributed by atoms with Gasteiger partial charge < -0.3 is 9.84 Å². The lowest BCUT2D eigenvalue weighted by molar-refractivity contribution is -0.124. The van der Waals surface area contributed by atoms with E-state index in [1.807, 2.05) is 0 Å². The molecule has 2 fully saturated rings. The van der Waals surface area contributed by atoms with E-state index in [1.165, 1.54) is 0 Å². The van der Waals surface area contributed by atoms with Crippen molar-refractivity contribution < 1.29 is 14.6 Å². The number of Topliss-reactive ketones (excluding diaryl/α,β-unsaturated/α-hetero) is 1. The molecule has 1 saturated carbocycles. The highest BCUT2D eigenvalue weighted by Gasteiger charge is 2.31. The fourth-order valence-electron chi connectivity index (χ4n) is 1.79. The highest BCUT2D eigenvalue weighted by molar-refractivity contribution is 5.84. The first kappa shape index (κ1) is 10.1. The Hall–Kier alpha value is -0.450. The second-order valence-corrected chi connectivity index (χ2v) is 4.15. The van der Waals surface area contributed by atoms with Crippen LogP contribution in [0.1, 0.15) is 12.8 Å². The van der Waals surface area contributed by atoms with Crippen LogP contribution in [-0.4, -0.2) is 54.7 Å². The van der Waals surface area contributed by atoms with Crippen molar-refractivity contribution in [2.75, 3.05) is 32.8 Å². The van der Waals surface area contributed by atoms with Crippen molar-refractivity contribution in [1.29, 1.82) is 0 Å². The zero-order chi connectivity index (χ0) is 9.97. The van der Waals surface area contributed by atoms with Crippen LogP contribution in [-0.2, 0) is 9.53 Å². The van der Waals surface area contributed by atoms with Gasteiger partial charge in [0.15, 0.2) is 0 Å². The van der Waals surface area contributed by atoms with Gasteiger partial charge in [-0.05, 0) is 12.8 Å². The molecule has 2 rings (SSSR count). The molecule has 0 aromatic carbocycles. The maximum absolute atomic E-state index is 11.5. The van der Waals surface area contributed by atoms with Gasteiger partial charge in [0.1, 0.15) is 5.78 Å². The summed E-state index contributed by atoms with van der Waals surface area (Å²) in [5.74, 6) is 0.703. The Morgan fingerprint density at radius 3 is 2.93 bits per heavy atom. The van der Waals surface area contributed by atoms with Crippen molar-refractivity contribution in [1.82, 2.24) is 4.90 Å². The van der Waals surface area contributed by atoms with Crippen LogP contribution in [0.2, 0.25) is 0 Å². The molecule has 0 aromatic heterocycles. The molecule has 1 heterocycles. The summed E-state index contributed by atoms with van der Waals surface area (Å²) in [6, 6.07) is 0. The van der Waals surface area contributed by atoms with Gasteiger partial charge in [0.25, 0.3) is 0 Å². The number of rotatable bonds is 4. The van der Waals surface area contributed by atoms with Gasteiger partial charge in [-0.1, -0.05) is 0 Å². The van der Waals surface area contributed by atoms with Gasteiger partial charge in [0, 0.05) is 19.0 Å². The van der Waals surface area contributed by atoms with Crippen molar-refractivity contribution in [2.45, 2.75) is 18.9 Å². The second kappa shape index (κ2) is 4.38. The van der Waals surface area contributed by atoms with E-state index in [0.29, 0.717) is 31.4 Å². The Bertz CT molecular complexity index is 215. The molecule has 4 nitrogen and oxygen atoms in total. The molecule has 0 aromatic rings. The van der Waals surface area contributed by atoms with Crippen LogP contribution in [0.3, 0.4) is 0 Å². The van der Waals surface area contributed by atoms with Crippen LogP contribution in [0.5, 0.6) is 0 Å². The molecule has 2 aliphatic rings. The van der Waals surface area contributed by atoms with E-state index in [4.69, 9.17) is 9.84 Å². The summed E-state index contributed by atoms with van der Waals surface area (Å²) in [5.41, 5.74) is 0. The lowest BCUT2D eigenvalue weighted by Crippen LogP contribution is -2.46. The highest BCUT2D eigenvalue weighted by Crippen LogP contribution is 2.30. The van der Waals surface area contributed by atoms with Crippen molar-refractivity contribution in [3.8, 4) is 0 Å². The molecule has 1 aliphatic heterocycles. The van der Waals surface area contributed by atoms with Gasteiger partial charge >= 0.3 is 0 Å². The highest BCUT2D eigenvalue weighted by atomic mass is 16.5. The van der Waals surface area contributed by atoms with Crippen molar-refractivity contribution in [2.24, 2.45) is 5.92 Å². The minimum atomic E-state index is -0.101. The predicted molar refractivity (Wildman–Crippen MR) is 51.0 cm³/mol. The van der Waals surface area contributed by atoms with Gasteiger partial charge in [0.05, 0.1) is 25.9 Å². The summed E-state index contributed by atoms with van der Waals surface area (Å²) in [6.45, 7) is 2.73. The monoisotopic (exact) mass is 199 g/mol. The number of morpholine rings is 1. The third kappa shape index (κ3) is 2.53. The lowest BCUT2D eigenvalue weighted by atomic mass is 10.2. The molecule has 1 aliphatic carbocycles. The minimum absolute atomic E-state index is 0.0497. The smallest absolute Gasteiger partial charge is 0.149 e. The summed E-state index contributed by atoms with van der Waals surface area (Å²) < 4.78 is 5.31. The summed E-state index contributed by atoms with van der Waals surface area (Å²) in [4.78, 5) is 13.6. The molecule has 1 unspecified atom stereocenters. The zero-order valence-electron chi connectivity index (χ0n) is 8.32. The molecule has 4 heteroatoms. The fraction of sp³-hybridized carbons (Fsp3) is 0.900. The Morgan fingerprint density at radius 1 is 1.50 bits per heavy atom. The molecule has 0 spiro atoms. The van der Waals surface area contributed by atoms with Gasteiger partial charge in [-0.3, -0.25) is 9.69 Å². The first-order valence-corrected chi connectivity index (χ1v) is 5.27. The Labute approximate surface area is 83.8 Å². The van der Waals surface area contributed by atoms with E-state index in [1.54, 1.807) is 0 Å². The average molecular weight is 199 g/mol. The molecule has 1 atom stereocenters. The van der Waals surface area contributed by atoms with E-state index in [2.05, 4.69) is 4.90 Å². The Balaban J connectivity index is 1.76. The molecule has 14 heavy (non-hydrogen) atoms. The van der Waals surface area contributed by atoms with Crippen LogP contribution >= 0.6 is 0 Å². The van der Waals surface area contributed by atoms with Gasteiger partial charge in [0.2, 0.25) is 0 Å². The summed E-state index contributed by atoms with van der Waals surface area (Å²) in [5, 5.41) is 8.93. The molecule has 0 amide bonds. The minimum Gasteiger partial charge on any atom is -0.394 e. The number of hydrogen-bond donors (Lipinski definition) is 1. The first-order valence-electron chi connectivity index (χ1n) is 5.27. The van der Waals surface area contributed by atoms with E-state index >= 15 is 0 Å². The molecular weight excluding hydrogens is 182 g/mol. The van der Waals surface area contributed by atoms with E-state index in [-0.39, 0.29) is 12.7 Å². The number of hydrogen-bond acceptors (Lipinski definition) is 4. The normalized spacial score (nSPS) is 29.1. The first-order chi connectivity index (χ1) is 6.79. The Morgan fingerprint density at radius 2 is 2.29 bits per heavy atom. The fourth-order valence-corrected chi connectivity index (χ4v) is 1.79. The largest absolute Gasteiger partial charge is 0.394 e. The summed E-state index contributed by atoms with van der Waals surface area (Å²) in [7, 11) is 0. The summed E-state index contributed by atoms with van der Waals surface area (Å²) >= 11 is 0. The molecular formula is C10H17NO3. The second-order valence-electron chi connectivity index (χ2n) is 4.15. The van der Waals surface area contributed by atoms with Gasteiger partial charge in [-0.25, -0.2) is 0 Å². The third-order valence-electron chi connectivity index (χ3n) is 2.84. The molecule has 1 saturated heterocycles. The van der Waals surface area contributed by atoms with Crippen LogP contribution in [0.15, 0.2) is 0 Å². The number of carbonyl (C=O) groups is 1. The van der Waals surface area contributed by atoms with Crippen molar-refractivity contribution in [3.05, 3.63) is 0 Å². The van der Waals surface area contributed by atoms with Crippen LogP contribution in [0, 0.1) is 5.92 Å². The van der Waals surface area contributed by atoms with Crippen LogP contribution < -0.4 is 0 Å². The molecule has 0 radical (unpaired) electrons. The summed E-state index contributed by atoms with van der Waals surface area (Å²) in [6.07, 6.45) is 2.05. The average Bonchev–Trinajstić information content (AvgIpc) is 3.01. The SMILES string of the molecule is O=C(CN1CCOC(CO)C1)C1CC1. The van der Waals surface area contributed by atoms with Crippen LogP contribution in [0.4, 0.5) is 0 Å². The number of ether oxygens (including phenoxy) is 1. The van der Waals surface area contributed by atoms with E-state index in [9.17, 15) is 4.79 Å². The number of nitrogens with zero attached hydrogens (tertiary/aromatic N) is 1. The number of ketones is 1. The van der Waals surface area contributed by atoms with Crippen molar-refractivity contribution >= 4 is 5.78 Å². The molecule has 80 valence electrons. The Kier molecular flexibility index (Phi) is 3.15. The third-order valence-corrected chi connectivity index (χ3v) is 2.84. The van der Waals surface area contributed by atoms with Crippen molar-refractivity contribution in [3.63, 3.8) is 0 Å². The quantitative estimate of drug-likeness (QED) is 0.673. The van der Waals surface area contributed by atoms with Crippen LogP contribution in [0.25, 0.3) is 0 Å². The van der Waals surface area contributed by atoms with E-state index < -0.39 is 0 Å². The zero-order valence-corrected chi connectivity index (χ0v) is 8.32. The standard InChI is InChI=1S/C10H17NO3/c12-7-9-5-11(3-4-14-9)6-10(13)8-1-2-8/h8-9,12H,1-7H2. The van der Waals surface area contributed by atoms with Gasteiger partial charge in [-0.15, -0.1) is 0 Å². The maximum atomic E-state index is 11.5. The number of aliphatic hydroxyl groups excluding tert-OH is 1. The number of aliphatic hydroxyl groups is 1. The maximum Gasteiger partial charge on any atom is 0.149 e. The predicted octanol–water partition coefficient (Wildman–Crippen LogP) is -0.341. The van der Waals surface area contributed by atoms with Gasteiger partial charge in [-0.2, -0.15) is 0 Å². The topological polar surface area (TPSA) is 49.8 Å². The molecule has 0 bridgehead atoms. The molecule has 1 N–H and O–H groups in total.